The van der Waals surface area contributed by atoms with Gasteiger partial charge in [0.05, 0.1) is 16.8 Å². The standard InChI is InChI=1S/C19H22N4O3/c1-12(2)9-10-20-17(24)14-11-22(3)16-15(14)21-19(26)23(18(16)25)13-7-5-4-6-8-13/h4-8,11-12H,9-10H2,1-3H3,(H,20,24)(H,21,26). The number of nitrogens with one attached hydrogen (secondary N) is 2. The number of benzene rings is 1. The zero-order chi connectivity index (χ0) is 18.8. The monoisotopic (exact) mass is 354 g/mol. The number of carbonyl (C=O) groups is 1. The van der Waals surface area contributed by atoms with Crippen molar-refractivity contribution in [3.8, 4) is 5.69 Å². The summed E-state index contributed by atoms with van der Waals surface area (Å²) in [5, 5.41) is 2.84. The van der Waals surface area contributed by atoms with E-state index in [1.54, 1.807) is 42.1 Å². The molecule has 7 heteroatoms. The quantitative estimate of drug-likeness (QED) is 0.732. The van der Waals surface area contributed by atoms with Gasteiger partial charge in [0.1, 0.15) is 5.52 Å². The first-order valence-electron chi connectivity index (χ1n) is 8.58. The fourth-order valence-electron chi connectivity index (χ4n) is 2.93. The Balaban J connectivity index is 2.09. The van der Waals surface area contributed by atoms with Crippen molar-refractivity contribution in [1.29, 1.82) is 0 Å². The summed E-state index contributed by atoms with van der Waals surface area (Å²) in [5.74, 6) is 0.171. The van der Waals surface area contributed by atoms with Gasteiger partial charge in [-0.1, -0.05) is 32.0 Å². The van der Waals surface area contributed by atoms with Crippen molar-refractivity contribution in [2.45, 2.75) is 20.3 Å². The normalized spacial score (nSPS) is 11.2. The van der Waals surface area contributed by atoms with Gasteiger partial charge in [0.15, 0.2) is 0 Å². The summed E-state index contributed by atoms with van der Waals surface area (Å²) in [6.07, 6.45) is 2.43. The van der Waals surface area contributed by atoms with Gasteiger partial charge in [-0.05, 0) is 24.5 Å². The molecule has 0 saturated heterocycles. The molecule has 0 atom stereocenters. The number of aryl methyl sites for hydroxylation is 1. The second-order valence-corrected chi connectivity index (χ2v) is 6.72. The Hall–Kier alpha value is -3.09. The van der Waals surface area contributed by atoms with Gasteiger partial charge in [-0.25, -0.2) is 9.36 Å². The molecule has 1 aromatic carbocycles. The lowest BCUT2D eigenvalue weighted by atomic mass is 10.1. The highest BCUT2D eigenvalue weighted by Gasteiger charge is 2.19. The molecule has 0 saturated carbocycles. The number of fused-ring (bicyclic) bond motifs is 1. The van der Waals surface area contributed by atoms with Gasteiger partial charge in [0.2, 0.25) is 0 Å². The van der Waals surface area contributed by atoms with Crippen LogP contribution in [0, 0.1) is 5.92 Å². The molecule has 0 radical (unpaired) electrons. The van der Waals surface area contributed by atoms with E-state index in [-0.39, 0.29) is 16.9 Å². The number of amides is 1. The Morgan fingerprint density at radius 1 is 1.19 bits per heavy atom. The van der Waals surface area contributed by atoms with Crippen molar-refractivity contribution < 1.29 is 4.79 Å². The van der Waals surface area contributed by atoms with Crippen LogP contribution in [-0.4, -0.2) is 26.6 Å². The van der Waals surface area contributed by atoms with Crippen LogP contribution in [0.25, 0.3) is 16.7 Å². The molecule has 3 aromatic rings. The van der Waals surface area contributed by atoms with Gasteiger partial charge in [-0.15, -0.1) is 0 Å². The van der Waals surface area contributed by atoms with Gasteiger partial charge in [0.25, 0.3) is 11.5 Å². The van der Waals surface area contributed by atoms with Crippen LogP contribution < -0.4 is 16.6 Å². The number of para-hydroxylation sites is 1. The molecule has 1 amide bonds. The van der Waals surface area contributed by atoms with Gasteiger partial charge in [0, 0.05) is 19.8 Å². The molecule has 2 aromatic heterocycles. The zero-order valence-corrected chi connectivity index (χ0v) is 15.1. The van der Waals surface area contributed by atoms with Gasteiger partial charge in [-0.2, -0.15) is 0 Å². The van der Waals surface area contributed by atoms with E-state index in [9.17, 15) is 14.4 Å². The molecule has 2 N–H and O–H groups in total. The lowest BCUT2D eigenvalue weighted by Crippen LogP contribution is -2.34. The van der Waals surface area contributed by atoms with Crippen LogP contribution in [0.15, 0.2) is 46.1 Å². The van der Waals surface area contributed by atoms with Crippen molar-refractivity contribution in [2.24, 2.45) is 13.0 Å². The van der Waals surface area contributed by atoms with Crippen LogP contribution in [-0.2, 0) is 7.05 Å². The molecule has 136 valence electrons. The molecular weight excluding hydrogens is 332 g/mol. The molecule has 0 aliphatic carbocycles. The molecule has 0 unspecified atom stereocenters. The van der Waals surface area contributed by atoms with E-state index in [0.29, 0.717) is 23.7 Å². The van der Waals surface area contributed by atoms with E-state index in [4.69, 9.17) is 0 Å². The number of aromatic nitrogens is 3. The average molecular weight is 354 g/mol. The Morgan fingerprint density at radius 2 is 1.88 bits per heavy atom. The number of hydrogen-bond acceptors (Lipinski definition) is 3. The fourth-order valence-corrected chi connectivity index (χ4v) is 2.93. The van der Waals surface area contributed by atoms with E-state index in [1.165, 1.54) is 0 Å². The third kappa shape index (κ3) is 3.20. The summed E-state index contributed by atoms with van der Waals surface area (Å²) in [5.41, 5.74) is 0.277. The summed E-state index contributed by atoms with van der Waals surface area (Å²) < 4.78 is 2.65. The highest BCUT2D eigenvalue weighted by atomic mass is 16.2. The van der Waals surface area contributed by atoms with Crippen LogP contribution in [0.3, 0.4) is 0 Å². The SMILES string of the molecule is CC(C)CCNC(=O)c1cn(C)c2c(=O)n(-c3ccccc3)c(=O)[nH]c12. The topological polar surface area (TPSA) is 88.9 Å². The number of aromatic amines is 1. The summed E-state index contributed by atoms with van der Waals surface area (Å²) in [4.78, 5) is 40.6. The highest BCUT2D eigenvalue weighted by molar-refractivity contribution is 6.05. The fraction of sp³-hybridized carbons (Fsp3) is 0.316. The second-order valence-electron chi connectivity index (χ2n) is 6.72. The predicted octanol–water partition coefficient (Wildman–Crippen LogP) is 1.79. The van der Waals surface area contributed by atoms with Crippen molar-refractivity contribution in [2.75, 3.05) is 6.54 Å². The predicted molar refractivity (Wildman–Crippen MR) is 101 cm³/mol. The van der Waals surface area contributed by atoms with Crippen molar-refractivity contribution in [3.05, 3.63) is 62.9 Å². The first-order chi connectivity index (χ1) is 12.4. The van der Waals surface area contributed by atoms with E-state index in [1.807, 2.05) is 6.07 Å². The first kappa shape index (κ1) is 17.7. The molecule has 26 heavy (non-hydrogen) atoms. The third-order valence-corrected chi connectivity index (χ3v) is 4.29. The maximum absolute atomic E-state index is 12.9. The molecule has 0 aliphatic rings. The van der Waals surface area contributed by atoms with Crippen LogP contribution in [0.2, 0.25) is 0 Å². The molecule has 7 nitrogen and oxygen atoms in total. The smallest absolute Gasteiger partial charge is 0.333 e. The zero-order valence-electron chi connectivity index (χ0n) is 15.1. The maximum atomic E-state index is 12.9. The molecule has 3 rings (SSSR count). The minimum Gasteiger partial charge on any atom is -0.352 e. The minimum atomic E-state index is -0.573. The summed E-state index contributed by atoms with van der Waals surface area (Å²) >= 11 is 0. The van der Waals surface area contributed by atoms with Crippen molar-refractivity contribution in [3.63, 3.8) is 0 Å². The summed E-state index contributed by atoms with van der Waals surface area (Å²) in [7, 11) is 1.68. The van der Waals surface area contributed by atoms with E-state index >= 15 is 0 Å². The largest absolute Gasteiger partial charge is 0.352 e. The molecule has 0 aliphatic heterocycles. The number of H-pyrrole nitrogens is 1. The van der Waals surface area contributed by atoms with E-state index in [2.05, 4.69) is 24.1 Å². The Kier molecular flexibility index (Phi) is 4.79. The molecule has 0 bridgehead atoms. The Morgan fingerprint density at radius 3 is 2.54 bits per heavy atom. The van der Waals surface area contributed by atoms with E-state index < -0.39 is 11.2 Å². The number of hydrogen-bond donors (Lipinski definition) is 2. The molecule has 0 spiro atoms. The summed E-state index contributed by atoms with van der Waals surface area (Å²) in [6.45, 7) is 4.69. The van der Waals surface area contributed by atoms with Crippen LogP contribution >= 0.6 is 0 Å². The van der Waals surface area contributed by atoms with Crippen LogP contribution in [0.1, 0.15) is 30.6 Å². The lowest BCUT2D eigenvalue weighted by molar-refractivity contribution is 0.0953. The minimum absolute atomic E-state index is 0.261. The molecule has 0 fully saturated rings. The second kappa shape index (κ2) is 7.03. The van der Waals surface area contributed by atoms with Gasteiger partial charge >= 0.3 is 5.69 Å². The van der Waals surface area contributed by atoms with E-state index in [0.717, 1.165) is 11.0 Å². The third-order valence-electron chi connectivity index (χ3n) is 4.29. The number of carbonyl (C=O) groups excluding carboxylic acids is 1. The first-order valence-corrected chi connectivity index (χ1v) is 8.58. The van der Waals surface area contributed by atoms with Crippen LogP contribution in [0.4, 0.5) is 0 Å². The van der Waals surface area contributed by atoms with Gasteiger partial charge < -0.3 is 14.9 Å². The summed E-state index contributed by atoms with van der Waals surface area (Å²) in [6, 6.07) is 8.69. The lowest BCUT2D eigenvalue weighted by Gasteiger charge is -2.07. The number of rotatable bonds is 5. The average Bonchev–Trinajstić information content (AvgIpc) is 2.92. The highest BCUT2D eigenvalue weighted by Crippen LogP contribution is 2.15. The van der Waals surface area contributed by atoms with Crippen molar-refractivity contribution in [1.82, 2.24) is 19.4 Å². The van der Waals surface area contributed by atoms with Crippen LogP contribution in [0.5, 0.6) is 0 Å². The Labute approximate surface area is 150 Å². The van der Waals surface area contributed by atoms with Gasteiger partial charge in [-0.3, -0.25) is 9.59 Å². The van der Waals surface area contributed by atoms with Crippen molar-refractivity contribution >= 4 is 16.9 Å². The Bertz CT molecular complexity index is 1060. The number of nitrogens with zero attached hydrogens (tertiary/aromatic N) is 2. The maximum Gasteiger partial charge on any atom is 0.333 e. The molecular formula is C19H22N4O3. The molecule has 2 heterocycles.